The van der Waals surface area contributed by atoms with Crippen LogP contribution >= 0.6 is 0 Å². The van der Waals surface area contributed by atoms with Crippen LogP contribution in [0.3, 0.4) is 0 Å². The number of aromatic nitrogens is 3. The number of phenols is 1. The van der Waals surface area contributed by atoms with Gasteiger partial charge in [0.2, 0.25) is 5.95 Å². The number of phenolic OH excluding ortho intramolecular Hbond substituents is 1. The first-order valence-electron chi connectivity index (χ1n) is 11.4. The van der Waals surface area contributed by atoms with Crippen LogP contribution in [0, 0.1) is 6.92 Å². The molecule has 4 aromatic rings. The number of nitrogens with zero attached hydrogens (tertiary/aromatic N) is 5. The van der Waals surface area contributed by atoms with Crippen LogP contribution in [0.5, 0.6) is 11.5 Å². The van der Waals surface area contributed by atoms with E-state index in [1.807, 2.05) is 24.3 Å². The lowest BCUT2D eigenvalue weighted by Gasteiger charge is -2.35. The number of hydrogen-bond donors (Lipinski definition) is 2. The molecule has 2 aromatic carbocycles. The fourth-order valence-electron chi connectivity index (χ4n) is 4.07. The van der Waals surface area contributed by atoms with E-state index in [4.69, 9.17) is 15.5 Å². The van der Waals surface area contributed by atoms with E-state index in [2.05, 4.69) is 33.9 Å². The number of piperazine rings is 1. The molecule has 1 amide bonds. The third-order valence-corrected chi connectivity index (χ3v) is 6.02. The summed E-state index contributed by atoms with van der Waals surface area (Å²) in [5.41, 5.74) is 10.4. The average Bonchev–Trinajstić information content (AvgIpc) is 2.88. The quantitative estimate of drug-likeness (QED) is 0.457. The molecule has 1 saturated heterocycles. The van der Waals surface area contributed by atoms with Crippen molar-refractivity contribution < 1.29 is 14.6 Å². The summed E-state index contributed by atoms with van der Waals surface area (Å²) >= 11 is 0. The van der Waals surface area contributed by atoms with Crippen LogP contribution in [0.1, 0.15) is 5.56 Å². The largest absolute Gasteiger partial charge is 0.508 e. The van der Waals surface area contributed by atoms with Gasteiger partial charge in [-0.15, -0.1) is 0 Å². The molecule has 1 fully saturated rings. The van der Waals surface area contributed by atoms with E-state index in [1.54, 1.807) is 17.0 Å². The Morgan fingerprint density at radius 3 is 2.37 bits per heavy atom. The summed E-state index contributed by atoms with van der Waals surface area (Å²) in [5, 5.41) is 9.37. The summed E-state index contributed by atoms with van der Waals surface area (Å²) in [6, 6.07) is 18.4. The van der Waals surface area contributed by atoms with Gasteiger partial charge in [-0.2, -0.15) is 4.98 Å². The number of carbonyl (C=O) groups is 1. The molecule has 3 N–H and O–H groups in total. The first kappa shape index (κ1) is 22.4. The molecular formula is C26H26N6O3. The smallest absolute Gasteiger partial charge is 0.260 e. The Hall–Kier alpha value is -4.40. The van der Waals surface area contributed by atoms with E-state index in [-0.39, 0.29) is 24.2 Å². The summed E-state index contributed by atoms with van der Waals surface area (Å²) in [5.74, 6) is 1.46. The third kappa shape index (κ3) is 4.93. The van der Waals surface area contributed by atoms with Gasteiger partial charge in [-0.05, 0) is 43.3 Å². The van der Waals surface area contributed by atoms with Gasteiger partial charge >= 0.3 is 0 Å². The minimum absolute atomic E-state index is 0.0599. The van der Waals surface area contributed by atoms with Gasteiger partial charge in [-0.25, -0.2) is 9.97 Å². The molecule has 0 aliphatic carbocycles. The molecule has 3 heterocycles. The number of pyridine rings is 1. The zero-order chi connectivity index (χ0) is 24.4. The molecule has 0 unspecified atom stereocenters. The number of benzene rings is 2. The van der Waals surface area contributed by atoms with E-state index in [1.165, 1.54) is 17.7 Å². The van der Waals surface area contributed by atoms with Crippen molar-refractivity contribution in [2.75, 3.05) is 43.4 Å². The number of anilines is 2. The highest BCUT2D eigenvalue weighted by atomic mass is 16.5. The van der Waals surface area contributed by atoms with E-state index in [0.29, 0.717) is 48.8 Å². The molecular weight excluding hydrogens is 444 g/mol. The predicted octanol–water partition coefficient (Wildman–Crippen LogP) is 3.02. The molecule has 0 radical (unpaired) electrons. The van der Waals surface area contributed by atoms with Gasteiger partial charge in [0.15, 0.2) is 12.4 Å². The molecule has 1 aliphatic heterocycles. The SMILES string of the molecule is Cc1ccc(-c2ccc3nc(N)nc(N4CCN(C(=O)COc5ccc(O)cc5)CC4)c3n2)cc1. The monoisotopic (exact) mass is 470 g/mol. The molecule has 35 heavy (non-hydrogen) atoms. The van der Waals surface area contributed by atoms with Gasteiger partial charge in [0.05, 0.1) is 11.2 Å². The van der Waals surface area contributed by atoms with Crippen molar-refractivity contribution in [1.82, 2.24) is 19.9 Å². The molecule has 0 saturated carbocycles. The summed E-state index contributed by atoms with van der Waals surface area (Å²) < 4.78 is 5.56. The molecule has 178 valence electrons. The second-order valence-corrected chi connectivity index (χ2v) is 8.49. The van der Waals surface area contributed by atoms with Crippen LogP contribution in [0.15, 0.2) is 60.7 Å². The highest BCUT2D eigenvalue weighted by Gasteiger charge is 2.24. The number of rotatable bonds is 5. The number of fused-ring (bicyclic) bond motifs is 1. The van der Waals surface area contributed by atoms with E-state index in [9.17, 15) is 9.90 Å². The zero-order valence-corrected chi connectivity index (χ0v) is 19.4. The Morgan fingerprint density at radius 2 is 1.66 bits per heavy atom. The summed E-state index contributed by atoms with van der Waals surface area (Å²) in [7, 11) is 0. The Morgan fingerprint density at radius 1 is 0.943 bits per heavy atom. The zero-order valence-electron chi connectivity index (χ0n) is 19.4. The van der Waals surface area contributed by atoms with Crippen LogP contribution in [0.25, 0.3) is 22.3 Å². The second-order valence-electron chi connectivity index (χ2n) is 8.49. The topological polar surface area (TPSA) is 118 Å². The van der Waals surface area contributed by atoms with Gasteiger partial charge in [-0.1, -0.05) is 29.8 Å². The fourth-order valence-corrected chi connectivity index (χ4v) is 4.07. The van der Waals surface area contributed by atoms with Crippen LogP contribution in [0.2, 0.25) is 0 Å². The van der Waals surface area contributed by atoms with Crippen molar-refractivity contribution in [1.29, 1.82) is 0 Å². The standard InChI is InChI=1S/C26H26N6O3/c1-17-2-4-18(5-3-17)21-10-11-22-24(28-21)25(30-26(27)29-22)32-14-12-31(13-15-32)23(34)16-35-20-8-6-19(33)7-9-20/h2-11,33H,12-16H2,1H3,(H2,27,29,30). The highest BCUT2D eigenvalue weighted by Crippen LogP contribution is 2.28. The number of aromatic hydroxyl groups is 1. The van der Waals surface area contributed by atoms with Crippen LogP contribution < -0.4 is 15.4 Å². The molecule has 9 nitrogen and oxygen atoms in total. The molecule has 9 heteroatoms. The number of carbonyl (C=O) groups excluding carboxylic acids is 1. The molecule has 0 spiro atoms. The van der Waals surface area contributed by atoms with Gasteiger partial charge in [0.25, 0.3) is 5.91 Å². The summed E-state index contributed by atoms with van der Waals surface area (Å²) in [4.78, 5) is 30.3. The maximum Gasteiger partial charge on any atom is 0.260 e. The maximum atomic E-state index is 12.6. The number of amides is 1. The third-order valence-electron chi connectivity index (χ3n) is 6.02. The number of nitrogens with two attached hydrogens (primary N) is 1. The van der Waals surface area contributed by atoms with E-state index in [0.717, 1.165) is 11.3 Å². The Bertz CT molecular complexity index is 1350. The fraction of sp³-hybridized carbons (Fsp3) is 0.231. The maximum absolute atomic E-state index is 12.6. The molecule has 0 bridgehead atoms. The van der Waals surface area contributed by atoms with Crippen molar-refractivity contribution in [3.63, 3.8) is 0 Å². The van der Waals surface area contributed by atoms with E-state index < -0.39 is 0 Å². The van der Waals surface area contributed by atoms with E-state index >= 15 is 0 Å². The number of aryl methyl sites for hydroxylation is 1. The average molecular weight is 471 g/mol. The lowest BCUT2D eigenvalue weighted by Crippen LogP contribution is -2.50. The lowest BCUT2D eigenvalue weighted by molar-refractivity contribution is -0.133. The van der Waals surface area contributed by atoms with Crippen molar-refractivity contribution in [3.8, 4) is 22.8 Å². The van der Waals surface area contributed by atoms with Crippen molar-refractivity contribution in [2.45, 2.75) is 6.92 Å². The van der Waals surface area contributed by atoms with Crippen LogP contribution in [-0.4, -0.2) is 63.7 Å². The van der Waals surface area contributed by atoms with Crippen molar-refractivity contribution in [3.05, 3.63) is 66.2 Å². The minimum Gasteiger partial charge on any atom is -0.508 e. The molecule has 5 rings (SSSR count). The van der Waals surface area contributed by atoms with Crippen LogP contribution in [0.4, 0.5) is 11.8 Å². The number of hydrogen-bond acceptors (Lipinski definition) is 8. The Balaban J connectivity index is 1.30. The first-order valence-corrected chi connectivity index (χ1v) is 11.4. The number of nitrogen functional groups attached to an aromatic ring is 1. The molecule has 0 atom stereocenters. The summed E-state index contributed by atoms with van der Waals surface area (Å²) in [6.45, 7) is 4.23. The molecule has 1 aliphatic rings. The number of ether oxygens (including phenoxy) is 1. The van der Waals surface area contributed by atoms with Gasteiger partial charge in [0.1, 0.15) is 17.0 Å². The molecule has 2 aromatic heterocycles. The lowest BCUT2D eigenvalue weighted by atomic mass is 10.1. The summed E-state index contributed by atoms with van der Waals surface area (Å²) in [6.07, 6.45) is 0. The predicted molar refractivity (Wildman–Crippen MR) is 134 cm³/mol. The normalized spacial score (nSPS) is 13.7. The van der Waals surface area contributed by atoms with Gasteiger partial charge in [0, 0.05) is 31.7 Å². The van der Waals surface area contributed by atoms with Crippen molar-refractivity contribution in [2.24, 2.45) is 0 Å². The Kier molecular flexibility index (Phi) is 6.05. The van der Waals surface area contributed by atoms with Crippen molar-refractivity contribution >= 4 is 28.7 Å². The minimum atomic E-state index is -0.0930. The first-order chi connectivity index (χ1) is 17.0. The second kappa shape index (κ2) is 9.46. The highest BCUT2D eigenvalue weighted by molar-refractivity contribution is 5.89. The Labute approximate surface area is 202 Å². The van der Waals surface area contributed by atoms with Gasteiger partial charge < -0.3 is 25.4 Å². The van der Waals surface area contributed by atoms with Gasteiger partial charge in [-0.3, -0.25) is 4.79 Å². The van der Waals surface area contributed by atoms with Crippen LogP contribution in [-0.2, 0) is 4.79 Å².